The summed E-state index contributed by atoms with van der Waals surface area (Å²) in [7, 11) is 1.48. The molecule has 0 saturated carbocycles. The van der Waals surface area contributed by atoms with Crippen LogP contribution in [0.15, 0.2) is 23.3 Å². The topological polar surface area (TPSA) is 96.9 Å². The highest BCUT2D eigenvalue weighted by Gasteiger charge is 2.03. The van der Waals surface area contributed by atoms with Crippen LogP contribution in [0.25, 0.3) is 0 Å². The zero-order valence-electron chi connectivity index (χ0n) is 9.73. The second-order valence-corrected chi connectivity index (χ2v) is 3.51. The van der Waals surface area contributed by atoms with Gasteiger partial charge in [-0.05, 0) is 24.6 Å². The standard InChI is InChI=1S/C11H15N3O3/c1-7(13-14-11(12)16)5-8-3-4-9(15)10(6-8)17-2/h3-4,6,15H,5H2,1-2H3,(H3,12,14,16). The van der Waals surface area contributed by atoms with E-state index in [4.69, 9.17) is 10.5 Å². The molecule has 0 aliphatic rings. The van der Waals surface area contributed by atoms with Crippen LogP contribution < -0.4 is 15.9 Å². The molecular formula is C11H15N3O3. The number of phenols is 1. The molecule has 0 heterocycles. The first-order chi connectivity index (χ1) is 8.02. The Kier molecular flexibility index (Phi) is 4.33. The van der Waals surface area contributed by atoms with E-state index >= 15 is 0 Å². The first-order valence-electron chi connectivity index (χ1n) is 4.97. The highest BCUT2D eigenvalue weighted by molar-refractivity contribution is 5.85. The van der Waals surface area contributed by atoms with Gasteiger partial charge in [0.05, 0.1) is 7.11 Å². The van der Waals surface area contributed by atoms with Crippen molar-refractivity contribution in [3.8, 4) is 11.5 Å². The van der Waals surface area contributed by atoms with Crippen molar-refractivity contribution in [3.63, 3.8) is 0 Å². The minimum atomic E-state index is -0.701. The average Bonchev–Trinajstić information content (AvgIpc) is 2.29. The third-order valence-electron chi connectivity index (χ3n) is 2.06. The molecule has 92 valence electrons. The summed E-state index contributed by atoms with van der Waals surface area (Å²) in [4.78, 5) is 10.5. The first kappa shape index (κ1) is 12.8. The van der Waals surface area contributed by atoms with Crippen molar-refractivity contribution in [2.24, 2.45) is 10.8 Å². The van der Waals surface area contributed by atoms with Crippen LogP contribution in [-0.4, -0.2) is 24.0 Å². The van der Waals surface area contributed by atoms with E-state index in [2.05, 4.69) is 10.5 Å². The SMILES string of the molecule is COc1cc(CC(C)=NNC(N)=O)ccc1O. The lowest BCUT2D eigenvalue weighted by Crippen LogP contribution is -2.25. The summed E-state index contributed by atoms with van der Waals surface area (Å²) in [6.45, 7) is 1.76. The van der Waals surface area contributed by atoms with Gasteiger partial charge in [-0.1, -0.05) is 6.07 Å². The molecule has 0 saturated heterocycles. The fourth-order valence-corrected chi connectivity index (χ4v) is 1.32. The number of ether oxygens (including phenoxy) is 1. The average molecular weight is 237 g/mol. The maximum Gasteiger partial charge on any atom is 0.332 e. The number of carbonyl (C=O) groups is 1. The van der Waals surface area contributed by atoms with Crippen LogP contribution in [0.4, 0.5) is 4.79 Å². The Balaban J connectivity index is 2.74. The van der Waals surface area contributed by atoms with Crippen molar-refractivity contribution in [2.45, 2.75) is 13.3 Å². The number of urea groups is 1. The number of phenolic OH excluding ortho intramolecular Hbond substituents is 1. The quantitative estimate of drug-likeness (QED) is 0.538. The minimum Gasteiger partial charge on any atom is -0.504 e. The monoisotopic (exact) mass is 237 g/mol. The lowest BCUT2D eigenvalue weighted by Gasteiger charge is -2.06. The Morgan fingerprint density at radius 1 is 1.59 bits per heavy atom. The first-order valence-corrected chi connectivity index (χ1v) is 4.97. The number of nitrogens with zero attached hydrogens (tertiary/aromatic N) is 1. The molecule has 2 amide bonds. The van der Waals surface area contributed by atoms with Gasteiger partial charge in [0.25, 0.3) is 0 Å². The third kappa shape index (κ3) is 4.02. The van der Waals surface area contributed by atoms with Gasteiger partial charge in [-0.15, -0.1) is 0 Å². The van der Waals surface area contributed by atoms with Crippen LogP contribution in [0.5, 0.6) is 11.5 Å². The van der Waals surface area contributed by atoms with Crippen molar-refractivity contribution in [1.82, 2.24) is 5.43 Å². The molecule has 0 bridgehead atoms. The predicted octanol–water partition coefficient (Wildman–Crippen LogP) is 0.988. The number of benzene rings is 1. The maximum absolute atomic E-state index is 10.5. The number of nitrogens with two attached hydrogens (primary N) is 1. The smallest absolute Gasteiger partial charge is 0.332 e. The predicted molar refractivity (Wildman–Crippen MR) is 64.2 cm³/mol. The van der Waals surface area contributed by atoms with Gasteiger partial charge >= 0.3 is 6.03 Å². The normalized spacial score (nSPS) is 11.1. The van der Waals surface area contributed by atoms with Crippen LogP contribution in [0.1, 0.15) is 12.5 Å². The second kappa shape index (κ2) is 5.74. The van der Waals surface area contributed by atoms with E-state index in [0.29, 0.717) is 17.9 Å². The largest absolute Gasteiger partial charge is 0.504 e. The molecule has 0 aliphatic heterocycles. The highest BCUT2D eigenvalue weighted by atomic mass is 16.5. The van der Waals surface area contributed by atoms with E-state index in [1.807, 2.05) is 0 Å². The van der Waals surface area contributed by atoms with Gasteiger partial charge in [-0.3, -0.25) is 0 Å². The van der Waals surface area contributed by atoms with E-state index < -0.39 is 6.03 Å². The van der Waals surface area contributed by atoms with Crippen LogP contribution in [-0.2, 0) is 6.42 Å². The van der Waals surface area contributed by atoms with Crippen molar-refractivity contribution >= 4 is 11.7 Å². The number of carbonyl (C=O) groups excluding carboxylic acids is 1. The van der Waals surface area contributed by atoms with E-state index in [0.717, 1.165) is 5.56 Å². The van der Waals surface area contributed by atoms with E-state index in [1.165, 1.54) is 7.11 Å². The van der Waals surface area contributed by atoms with Gasteiger partial charge in [0, 0.05) is 12.1 Å². The van der Waals surface area contributed by atoms with Crippen LogP contribution in [0.3, 0.4) is 0 Å². The minimum absolute atomic E-state index is 0.0844. The van der Waals surface area contributed by atoms with Crippen molar-refractivity contribution in [3.05, 3.63) is 23.8 Å². The number of hydrogen-bond donors (Lipinski definition) is 3. The van der Waals surface area contributed by atoms with Crippen LogP contribution in [0.2, 0.25) is 0 Å². The zero-order chi connectivity index (χ0) is 12.8. The zero-order valence-corrected chi connectivity index (χ0v) is 9.73. The summed E-state index contributed by atoms with van der Waals surface area (Å²) in [6.07, 6.45) is 0.525. The number of rotatable bonds is 4. The van der Waals surface area contributed by atoms with E-state index in [9.17, 15) is 9.90 Å². The number of hydrazone groups is 1. The summed E-state index contributed by atoms with van der Waals surface area (Å²) in [5.74, 6) is 0.485. The summed E-state index contributed by atoms with van der Waals surface area (Å²) < 4.78 is 4.99. The summed E-state index contributed by atoms with van der Waals surface area (Å²) in [6, 6.07) is 4.30. The Hall–Kier alpha value is -2.24. The Morgan fingerprint density at radius 3 is 2.88 bits per heavy atom. The van der Waals surface area contributed by atoms with Gasteiger partial charge in [0.15, 0.2) is 11.5 Å². The summed E-state index contributed by atoms with van der Waals surface area (Å²) >= 11 is 0. The van der Waals surface area contributed by atoms with E-state index in [-0.39, 0.29) is 5.75 Å². The van der Waals surface area contributed by atoms with Crippen molar-refractivity contribution < 1.29 is 14.6 Å². The van der Waals surface area contributed by atoms with Crippen molar-refractivity contribution in [1.29, 1.82) is 0 Å². The number of methoxy groups -OCH3 is 1. The van der Waals surface area contributed by atoms with Gasteiger partial charge in [-0.2, -0.15) is 5.10 Å². The number of hydrogen-bond acceptors (Lipinski definition) is 4. The van der Waals surface area contributed by atoms with Crippen LogP contribution in [0, 0.1) is 0 Å². The Bertz CT molecular complexity index is 444. The molecule has 0 atom stereocenters. The number of aromatic hydroxyl groups is 1. The van der Waals surface area contributed by atoms with E-state index in [1.54, 1.807) is 25.1 Å². The van der Waals surface area contributed by atoms with Gasteiger partial charge in [0.1, 0.15) is 0 Å². The van der Waals surface area contributed by atoms with Gasteiger partial charge in [-0.25, -0.2) is 10.2 Å². The molecule has 0 aromatic heterocycles. The molecular weight excluding hydrogens is 222 g/mol. The molecule has 0 spiro atoms. The number of amides is 2. The van der Waals surface area contributed by atoms with Crippen molar-refractivity contribution in [2.75, 3.05) is 7.11 Å². The lowest BCUT2D eigenvalue weighted by molar-refractivity contribution is 0.249. The molecule has 6 nitrogen and oxygen atoms in total. The Labute approximate surface area is 99.1 Å². The van der Waals surface area contributed by atoms with Gasteiger partial charge in [0.2, 0.25) is 0 Å². The molecule has 0 unspecified atom stereocenters. The third-order valence-corrected chi connectivity index (χ3v) is 2.06. The molecule has 17 heavy (non-hydrogen) atoms. The summed E-state index contributed by atoms with van der Waals surface area (Å²) in [5.41, 5.74) is 8.64. The molecule has 1 aromatic carbocycles. The number of nitrogens with one attached hydrogen (secondary N) is 1. The molecule has 0 fully saturated rings. The Morgan fingerprint density at radius 2 is 2.29 bits per heavy atom. The second-order valence-electron chi connectivity index (χ2n) is 3.51. The summed E-state index contributed by atoms with van der Waals surface area (Å²) in [5, 5.41) is 13.2. The lowest BCUT2D eigenvalue weighted by atomic mass is 10.1. The molecule has 0 radical (unpaired) electrons. The highest BCUT2D eigenvalue weighted by Crippen LogP contribution is 2.26. The molecule has 1 rings (SSSR count). The fourth-order valence-electron chi connectivity index (χ4n) is 1.32. The molecule has 6 heteroatoms. The van der Waals surface area contributed by atoms with Crippen LogP contribution >= 0.6 is 0 Å². The molecule has 4 N–H and O–H groups in total. The number of primary amides is 1. The molecule has 1 aromatic rings. The van der Waals surface area contributed by atoms with Gasteiger partial charge < -0.3 is 15.6 Å². The molecule has 0 aliphatic carbocycles. The fraction of sp³-hybridized carbons (Fsp3) is 0.273. The maximum atomic E-state index is 10.5.